The van der Waals surface area contributed by atoms with Crippen molar-refractivity contribution in [3.8, 4) is 0 Å². The van der Waals surface area contributed by atoms with Crippen molar-refractivity contribution in [3.63, 3.8) is 0 Å². The fourth-order valence-electron chi connectivity index (χ4n) is 2.00. The largest absolute Gasteiger partial charge is 0.457 e. The third kappa shape index (κ3) is 1.93. The highest BCUT2D eigenvalue weighted by molar-refractivity contribution is 6.30. The van der Waals surface area contributed by atoms with E-state index in [1.807, 2.05) is 54.6 Å². The second kappa shape index (κ2) is 4.35. The van der Waals surface area contributed by atoms with Gasteiger partial charge < -0.3 is 4.42 Å². The monoisotopic (exact) mass is 254 g/mol. The predicted octanol–water partition coefficient (Wildman–Crippen LogP) is 3.33. The average molecular weight is 255 g/mol. The molecular formula is C16H11ClO. The molecule has 3 aromatic rings. The highest BCUT2D eigenvalue weighted by atomic mass is 35.5. The zero-order valence-corrected chi connectivity index (χ0v) is 10.4. The Morgan fingerprint density at radius 1 is 0.944 bits per heavy atom. The van der Waals surface area contributed by atoms with Crippen LogP contribution in [0.2, 0.25) is 5.02 Å². The van der Waals surface area contributed by atoms with Gasteiger partial charge in [-0.1, -0.05) is 54.6 Å². The van der Waals surface area contributed by atoms with Crippen molar-refractivity contribution in [1.29, 1.82) is 0 Å². The Morgan fingerprint density at radius 2 is 1.61 bits per heavy atom. The van der Waals surface area contributed by atoms with Gasteiger partial charge in [-0.05, 0) is 23.8 Å². The normalized spacial score (nSPS) is 12.2. The Kier molecular flexibility index (Phi) is 2.69. The minimum atomic E-state index is 0.700. The number of fused-ring (bicyclic) bond motifs is 1. The molecule has 0 aliphatic rings. The maximum absolute atomic E-state index is 5.87. The van der Waals surface area contributed by atoms with E-state index >= 15 is 0 Å². The van der Waals surface area contributed by atoms with E-state index in [-0.39, 0.29) is 0 Å². The molecule has 3 rings (SSSR count). The molecule has 0 amide bonds. The molecule has 88 valence electrons. The molecule has 0 unspecified atom stereocenters. The van der Waals surface area contributed by atoms with Crippen molar-refractivity contribution in [2.24, 2.45) is 0 Å². The Labute approximate surface area is 110 Å². The first-order valence-electron chi connectivity index (χ1n) is 5.68. The van der Waals surface area contributed by atoms with Crippen LogP contribution in [0.1, 0.15) is 5.56 Å². The number of halogens is 1. The van der Waals surface area contributed by atoms with Crippen LogP contribution in [-0.2, 0) is 0 Å². The SMILES string of the molecule is C=c1o/c(=C\c2ccc(Cl)cc2)c2ccccc12. The van der Waals surface area contributed by atoms with Crippen molar-refractivity contribution in [2.75, 3.05) is 0 Å². The standard InChI is InChI=1S/C16H11ClO/c1-11-14-4-2-3-5-15(14)16(18-11)10-12-6-8-13(17)9-7-12/h2-10H,1H2/b16-10-. The summed E-state index contributed by atoms with van der Waals surface area (Å²) in [5, 5.41) is 2.87. The Bertz CT molecular complexity index is 797. The molecule has 0 N–H and O–H groups in total. The first-order chi connectivity index (χ1) is 8.74. The fraction of sp³-hybridized carbons (Fsp3) is 0. The average Bonchev–Trinajstić information content (AvgIpc) is 2.70. The zero-order valence-electron chi connectivity index (χ0n) is 9.69. The van der Waals surface area contributed by atoms with Crippen molar-refractivity contribution < 1.29 is 4.42 Å². The Balaban J connectivity index is 2.26. The van der Waals surface area contributed by atoms with Gasteiger partial charge in [0.2, 0.25) is 0 Å². The lowest BCUT2D eigenvalue weighted by molar-refractivity contribution is 0.509. The van der Waals surface area contributed by atoms with Crippen molar-refractivity contribution >= 4 is 35.0 Å². The van der Waals surface area contributed by atoms with Crippen LogP contribution >= 0.6 is 11.6 Å². The molecule has 0 atom stereocenters. The molecule has 0 bridgehead atoms. The van der Waals surface area contributed by atoms with Gasteiger partial charge in [0.05, 0.1) is 0 Å². The van der Waals surface area contributed by atoms with Gasteiger partial charge in [0.15, 0.2) is 0 Å². The van der Waals surface area contributed by atoms with Gasteiger partial charge in [0.1, 0.15) is 10.8 Å². The molecule has 0 fully saturated rings. The van der Waals surface area contributed by atoms with Crippen molar-refractivity contribution in [1.82, 2.24) is 0 Å². The summed E-state index contributed by atoms with van der Waals surface area (Å²) >= 11 is 5.87. The van der Waals surface area contributed by atoms with Crippen molar-refractivity contribution in [2.45, 2.75) is 0 Å². The van der Waals surface area contributed by atoms with Crippen LogP contribution in [0.5, 0.6) is 0 Å². The van der Waals surface area contributed by atoms with Crippen LogP contribution < -0.4 is 10.8 Å². The summed E-state index contributed by atoms with van der Waals surface area (Å²) in [6.07, 6.45) is 1.99. The van der Waals surface area contributed by atoms with E-state index in [0.717, 1.165) is 26.8 Å². The predicted molar refractivity (Wildman–Crippen MR) is 76.0 cm³/mol. The molecule has 18 heavy (non-hydrogen) atoms. The summed E-state index contributed by atoms with van der Waals surface area (Å²) < 4.78 is 5.70. The molecule has 1 nitrogen and oxygen atoms in total. The highest BCUT2D eigenvalue weighted by Gasteiger charge is 2.00. The molecule has 0 saturated carbocycles. The minimum absolute atomic E-state index is 0.700. The Hall–Kier alpha value is -1.99. The number of furan rings is 1. The molecule has 0 spiro atoms. The van der Waals surface area contributed by atoms with Crippen LogP contribution in [-0.4, -0.2) is 0 Å². The lowest BCUT2D eigenvalue weighted by Gasteiger charge is -1.92. The minimum Gasteiger partial charge on any atom is -0.457 e. The van der Waals surface area contributed by atoms with E-state index in [2.05, 4.69) is 6.58 Å². The van der Waals surface area contributed by atoms with Crippen LogP contribution in [0.4, 0.5) is 0 Å². The van der Waals surface area contributed by atoms with Gasteiger partial charge in [-0.3, -0.25) is 0 Å². The van der Waals surface area contributed by atoms with Gasteiger partial charge in [0, 0.05) is 15.8 Å². The van der Waals surface area contributed by atoms with E-state index < -0.39 is 0 Å². The van der Waals surface area contributed by atoms with E-state index in [1.165, 1.54) is 0 Å². The lowest BCUT2D eigenvalue weighted by atomic mass is 10.1. The van der Waals surface area contributed by atoms with Gasteiger partial charge in [0.25, 0.3) is 0 Å². The van der Waals surface area contributed by atoms with E-state index in [0.29, 0.717) is 5.42 Å². The molecule has 2 heteroatoms. The number of hydrogen-bond donors (Lipinski definition) is 0. The first kappa shape index (κ1) is 11.1. The van der Waals surface area contributed by atoms with Crippen LogP contribution in [0, 0.1) is 0 Å². The summed E-state index contributed by atoms with van der Waals surface area (Å²) in [5.74, 6) is 0. The Morgan fingerprint density at radius 3 is 2.33 bits per heavy atom. The second-order valence-electron chi connectivity index (χ2n) is 4.13. The molecule has 0 radical (unpaired) electrons. The molecule has 1 aromatic heterocycles. The highest BCUT2D eigenvalue weighted by Crippen LogP contribution is 2.11. The summed E-state index contributed by atoms with van der Waals surface area (Å²) in [5.41, 5.74) is 2.59. The summed E-state index contributed by atoms with van der Waals surface area (Å²) in [4.78, 5) is 0. The maximum Gasteiger partial charge on any atom is 0.135 e. The molecule has 0 aliphatic carbocycles. The zero-order chi connectivity index (χ0) is 12.5. The molecule has 2 aromatic carbocycles. The number of benzene rings is 2. The number of hydrogen-bond acceptors (Lipinski definition) is 1. The summed E-state index contributed by atoms with van der Waals surface area (Å²) in [6, 6.07) is 15.7. The first-order valence-corrected chi connectivity index (χ1v) is 6.05. The van der Waals surface area contributed by atoms with Gasteiger partial charge in [-0.15, -0.1) is 0 Å². The molecule has 0 aliphatic heterocycles. The molecule has 0 saturated heterocycles. The third-order valence-corrected chi connectivity index (χ3v) is 3.15. The smallest absolute Gasteiger partial charge is 0.135 e. The van der Waals surface area contributed by atoms with Crippen LogP contribution in [0.25, 0.3) is 23.4 Å². The van der Waals surface area contributed by atoms with E-state index in [4.69, 9.17) is 16.0 Å². The lowest BCUT2D eigenvalue weighted by Crippen LogP contribution is -1.98. The quantitative estimate of drug-likeness (QED) is 0.649. The van der Waals surface area contributed by atoms with Crippen molar-refractivity contribution in [3.05, 3.63) is 69.9 Å². The van der Waals surface area contributed by atoms with E-state index in [1.54, 1.807) is 0 Å². The van der Waals surface area contributed by atoms with Gasteiger partial charge in [-0.2, -0.15) is 0 Å². The number of rotatable bonds is 1. The summed E-state index contributed by atoms with van der Waals surface area (Å²) in [6.45, 7) is 3.92. The van der Waals surface area contributed by atoms with E-state index in [9.17, 15) is 0 Å². The third-order valence-electron chi connectivity index (χ3n) is 2.89. The van der Waals surface area contributed by atoms with Crippen LogP contribution in [0.15, 0.2) is 52.9 Å². The maximum atomic E-state index is 5.87. The van der Waals surface area contributed by atoms with Gasteiger partial charge >= 0.3 is 0 Å². The fourth-order valence-corrected chi connectivity index (χ4v) is 2.13. The van der Waals surface area contributed by atoms with Gasteiger partial charge in [-0.25, -0.2) is 0 Å². The topological polar surface area (TPSA) is 13.1 Å². The second-order valence-corrected chi connectivity index (χ2v) is 4.57. The summed E-state index contributed by atoms with van der Waals surface area (Å²) in [7, 11) is 0. The van der Waals surface area contributed by atoms with Crippen LogP contribution in [0.3, 0.4) is 0 Å². The molecular weight excluding hydrogens is 244 g/mol. The molecule has 1 heterocycles.